The van der Waals surface area contributed by atoms with Crippen molar-refractivity contribution in [3.05, 3.63) is 35.9 Å². The molecule has 0 aliphatic carbocycles. The van der Waals surface area contributed by atoms with E-state index in [0.717, 1.165) is 5.56 Å². The van der Waals surface area contributed by atoms with Crippen LogP contribution in [0.5, 0.6) is 0 Å². The van der Waals surface area contributed by atoms with E-state index in [9.17, 15) is 10.2 Å². The highest BCUT2D eigenvalue weighted by molar-refractivity contribution is 5.13. The number of benzene rings is 1. The summed E-state index contributed by atoms with van der Waals surface area (Å²) in [6.07, 6.45) is -3.25. The summed E-state index contributed by atoms with van der Waals surface area (Å²) in [7, 11) is 0. The summed E-state index contributed by atoms with van der Waals surface area (Å²) >= 11 is 0. The van der Waals surface area contributed by atoms with Gasteiger partial charge >= 0.3 is 0 Å². The normalized spacial score (nSPS) is 34.5. The zero-order chi connectivity index (χ0) is 15.7. The number of hydrogen-bond donors (Lipinski definition) is 2. The molecule has 2 heterocycles. The maximum atomic E-state index is 9.94. The van der Waals surface area contributed by atoms with Crippen LogP contribution in [0.2, 0.25) is 0 Å². The number of fused-ring (bicyclic) bond motifs is 1. The van der Waals surface area contributed by atoms with Crippen molar-refractivity contribution >= 4 is 0 Å². The minimum absolute atomic E-state index is 0.372. The minimum Gasteiger partial charge on any atom is -0.394 e. The summed E-state index contributed by atoms with van der Waals surface area (Å²) < 4.78 is 23.1. The van der Waals surface area contributed by atoms with Crippen LogP contribution < -0.4 is 0 Å². The first kappa shape index (κ1) is 15.9. The lowest BCUT2D eigenvalue weighted by Gasteiger charge is -2.28. The molecule has 0 amide bonds. The SMILES string of the molecule is CC1(C)OC2[C@@H](O[C@@H]([C@@H](O)CO)[C@@H]2OCc2ccccc2)O1. The number of aliphatic hydroxyl groups excluding tert-OH is 2. The van der Waals surface area contributed by atoms with Gasteiger partial charge in [0.15, 0.2) is 12.1 Å². The Hall–Kier alpha value is -1.02. The lowest BCUT2D eigenvalue weighted by atomic mass is 10.1. The van der Waals surface area contributed by atoms with Crippen molar-refractivity contribution < 1.29 is 29.2 Å². The van der Waals surface area contributed by atoms with Crippen molar-refractivity contribution in [3.8, 4) is 0 Å². The molecule has 2 fully saturated rings. The molecule has 122 valence electrons. The van der Waals surface area contributed by atoms with Gasteiger partial charge in [-0.2, -0.15) is 0 Å². The van der Waals surface area contributed by atoms with Crippen LogP contribution in [0.25, 0.3) is 0 Å². The molecule has 2 aliphatic rings. The van der Waals surface area contributed by atoms with E-state index in [-0.39, 0.29) is 0 Å². The molecule has 1 aromatic carbocycles. The van der Waals surface area contributed by atoms with Gasteiger partial charge < -0.3 is 29.2 Å². The summed E-state index contributed by atoms with van der Waals surface area (Å²) in [4.78, 5) is 0. The Labute approximate surface area is 129 Å². The van der Waals surface area contributed by atoms with E-state index in [0.29, 0.717) is 6.61 Å². The molecular formula is C16H22O6. The van der Waals surface area contributed by atoms with Gasteiger partial charge in [0.2, 0.25) is 0 Å². The largest absolute Gasteiger partial charge is 0.394 e. The number of ether oxygens (including phenoxy) is 4. The van der Waals surface area contributed by atoms with Crippen LogP contribution in [0, 0.1) is 0 Å². The second-order valence-corrected chi connectivity index (χ2v) is 6.08. The van der Waals surface area contributed by atoms with Gasteiger partial charge in [-0.25, -0.2) is 0 Å². The van der Waals surface area contributed by atoms with Gasteiger partial charge in [0.1, 0.15) is 24.4 Å². The molecule has 0 bridgehead atoms. The first-order valence-corrected chi connectivity index (χ1v) is 7.46. The van der Waals surface area contributed by atoms with Gasteiger partial charge in [-0.1, -0.05) is 30.3 Å². The molecule has 6 heteroatoms. The van der Waals surface area contributed by atoms with Crippen LogP contribution in [0.15, 0.2) is 30.3 Å². The van der Waals surface area contributed by atoms with Gasteiger partial charge in [0.25, 0.3) is 0 Å². The fourth-order valence-electron chi connectivity index (χ4n) is 2.87. The van der Waals surface area contributed by atoms with Crippen molar-refractivity contribution in [1.29, 1.82) is 0 Å². The Balaban J connectivity index is 1.71. The van der Waals surface area contributed by atoms with Crippen molar-refractivity contribution in [3.63, 3.8) is 0 Å². The van der Waals surface area contributed by atoms with E-state index < -0.39 is 43.1 Å². The van der Waals surface area contributed by atoms with Crippen molar-refractivity contribution in [2.24, 2.45) is 0 Å². The smallest absolute Gasteiger partial charge is 0.190 e. The van der Waals surface area contributed by atoms with Gasteiger partial charge in [0.05, 0.1) is 13.2 Å². The topological polar surface area (TPSA) is 77.4 Å². The summed E-state index contributed by atoms with van der Waals surface area (Å²) in [5.74, 6) is -0.751. The van der Waals surface area contributed by atoms with E-state index in [1.54, 1.807) is 13.8 Å². The maximum absolute atomic E-state index is 9.94. The average Bonchev–Trinajstić information content (AvgIpc) is 2.97. The second-order valence-electron chi connectivity index (χ2n) is 6.08. The molecule has 2 N–H and O–H groups in total. The standard InChI is InChI=1S/C16H22O6/c1-16(2)21-14-13(19-9-10-6-4-3-5-7-10)12(11(18)8-17)20-15(14)22-16/h3-7,11-15,17-18H,8-9H2,1-2H3/t11-,12-,13-,14?,15-/m0/s1. The molecule has 1 unspecified atom stereocenters. The molecule has 0 aromatic heterocycles. The quantitative estimate of drug-likeness (QED) is 0.838. The van der Waals surface area contributed by atoms with E-state index in [1.165, 1.54) is 0 Å². The monoisotopic (exact) mass is 310 g/mol. The van der Waals surface area contributed by atoms with Crippen molar-refractivity contribution in [1.82, 2.24) is 0 Å². The molecule has 1 aromatic rings. The van der Waals surface area contributed by atoms with Crippen LogP contribution in [0.4, 0.5) is 0 Å². The minimum atomic E-state index is -1.04. The van der Waals surface area contributed by atoms with Crippen LogP contribution in [-0.4, -0.2) is 53.3 Å². The fraction of sp³-hybridized carbons (Fsp3) is 0.625. The third-order valence-electron chi connectivity index (χ3n) is 3.88. The highest BCUT2D eigenvalue weighted by atomic mass is 16.8. The molecule has 5 atom stereocenters. The molecule has 22 heavy (non-hydrogen) atoms. The van der Waals surface area contributed by atoms with E-state index in [4.69, 9.17) is 18.9 Å². The second kappa shape index (κ2) is 6.23. The molecule has 2 aliphatic heterocycles. The zero-order valence-corrected chi connectivity index (χ0v) is 12.7. The first-order valence-electron chi connectivity index (χ1n) is 7.46. The molecule has 0 saturated carbocycles. The van der Waals surface area contributed by atoms with Gasteiger partial charge in [-0.3, -0.25) is 0 Å². The third-order valence-corrected chi connectivity index (χ3v) is 3.88. The first-order chi connectivity index (χ1) is 10.5. The Bertz CT molecular complexity index is 491. The number of rotatable bonds is 5. The molecule has 0 spiro atoms. The lowest BCUT2D eigenvalue weighted by Crippen LogP contribution is -2.44. The molecule has 6 nitrogen and oxygen atoms in total. The van der Waals surface area contributed by atoms with Gasteiger partial charge in [-0.05, 0) is 19.4 Å². The van der Waals surface area contributed by atoms with Gasteiger partial charge in [0, 0.05) is 0 Å². The Morgan fingerprint density at radius 2 is 1.95 bits per heavy atom. The molecular weight excluding hydrogens is 288 g/mol. The molecule has 3 rings (SSSR count). The molecule has 2 saturated heterocycles. The number of aliphatic hydroxyl groups is 2. The van der Waals surface area contributed by atoms with Crippen LogP contribution in [0.1, 0.15) is 19.4 Å². The van der Waals surface area contributed by atoms with Gasteiger partial charge in [-0.15, -0.1) is 0 Å². The maximum Gasteiger partial charge on any atom is 0.190 e. The Morgan fingerprint density at radius 3 is 2.64 bits per heavy atom. The predicted molar refractivity (Wildman–Crippen MR) is 76.8 cm³/mol. The van der Waals surface area contributed by atoms with Crippen LogP contribution in [0.3, 0.4) is 0 Å². The predicted octanol–water partition coefficient (Wildman–Crippen LogP) is 0.801. The van der Waals surface area contributed by atoms with Crippen LogP contribution >= 0.6 is 0 Å². The highest BCUT2D eigenvalue weighted by Crippen LogP contribution is 2.39. The van der Waals surface area contributed by atoms with Crippen molar-refractivity contribution in [2.75, 3.05) is 6.61 Å². The summed E-state index contributed by atoms with van der Waals surface area (Å²) in [6.45, 7) is 3.58. The average molecular weight is 310 g/mol. The van der Waals surface area contributed by atoms with E-state index in [1.807, 2.05) is 30.3 Å². The van der Waals surface area contributed by atoms with E-state index in [2.05, 4.69) is 0 Å². The number of hydrogen-bond acceptors (Lipinski definition) is 6. The van der Waals surface area contributed by atoms with Crippen LogP contribution in [-0.2, 0) is 25.6 Å². The highest BCUT2D eigenvalue weighted by Gasteiger charge is 2.56. The fourth-order valence-corrected chi connectivity index (χ4v) is 2.87. The Morgan fingerprint density at radius 1 is 1.23 bits per heavy atom. The molecule has 0 radical (unpaired) electrons. The summed E-state index contributed by atoms with van der Waals surface area (Å²) in [6, 6.07) is 9.73. The summed E-state index contributed by atoms with van der Waals surface area (Å²) in [5.41, 5.74) is 1.02. The Kier molecular flexibility index (Phi) is 4.49. The third kappa shape index (κ3) is 3.17. The zero-order valence-electron chi connectivity index (χ0n) is 12.7. The lowest BCUT2D eigenvalue weighted by molar-refractivity contribution is -0.232. The van der Waals surface area contributed by atoms with E-state index >= 15 is 0 Å². The summed E-state index contributed by atoms with van der Waals surface area (Å²) in [5, 5.41) is 19.1. The van der Waals surface area contributed by atoms with Crippen molar-refractivity contribution in [2.45, 2.75) is 56.9 Å².